The Hall–Kier alpha value is -0.860. The quantitative estimate of drug-likeness (QED) is 0.777. The van der Waals surface area contributed by atoms with Crippen LogP contribution in [0.5, 0.6) is 0 Å². The summed E-state index contributed by atoms with van der Waals surface area (Å²) in [5.41, 5.74) is 14.3. The lowest BCUT2D eigenvalue weighted by Gasteiger charge is -2.12. The highest BCUT2D eigenvalue weighted by Crippen LogP contribution is 2.16. The van der Waals surface area contributed by atoms with Crippen LogP contribution in [-0.4, -0.2) is 6.04 Å². The molecule has 84 valence electrons. The molecule has 1 aromatic carbocycles. The number of rotatable bonds is 5. The van der Waals surface area contributed by atoms with E-state index in [9.17, 15) is 0 Å². The van der Waals surface area contributed by atoms with Crippen LogP contribution in [0.2, 0.25) is 0 Å². The van der Waals surface area contributed by atoms with Crippen LogP contribution in [0, 0.1) is 0 Å². The fraction of sp³-hybridized carbons (Fsp3) is 0.538. The molecule has 1 rings (SSSR count). The predicted octanol–water partition coefficient (Wildman–Crippen LogP) is 2.38. The van der Waals surface area contributed by atoms with E-state index in [0.29, 0.717) is 0 Å². The summed E-state index contributed by atoms with van der Waals surface area (Å²) in [4.78, 5) is 0. The van der Waals surface area contributed by atoms with E-state index in [2.05, 4.69) is 31.2 Å². The van der Waals surface area contributed by atoms with Crippen LogP contribution >= 0.6 is 0 Å². The first kappa shape index (κ1) is 12.2. The highest BCUT2D eigenvalue weighted by Gasteiger charge is 2.04. The lowest BCUT2D eigenvalue weighted by molar-refractivity contribution is 0.638. The Labute approximate surface area is 92.7 Å². The third kappa shape index (κ3) is 4.02. The smallest absolute Gasteiger partial charge is 0.0294 e. The van der Waals surface area contributed by atoms with Crippen LogP contribution in [0.1, 0.15) is 43.9 Å². The monoisotopic (exact) mass is 206 g/mol. The van der Waals surface area contributed by atoms with Gasteiger partial charge in [-0.1, -0.05) is 37.6 Å². The molecule has 0 aliphatic heterocycles. The normalized spacial score (nSPS) is 14.9. The second kappa shape index (κ2) is 5.89. The van der Waals surface area contributed by atoms with Gasteiger partial charge >= 0.3 is 0 Å². The zero-order valence-electron chi connectivity index (χ0n) is 9.74. The number of hydrogen-bond acceptors (Lipinski definition) is 2. The van der Waals surface area contributed by atoms with Gasteiger partial charge in [0.2, 0.25) is 0 Å². The average Bonchev–Trinajstić information content (AvgIpc) is 2.18. The van der Waals surface area contributed by atoms with Crippen LogP contribution in [0.25, 0.3) is 0 Å². The number of benzene rings is 1. The summed E-state index contributed by atoms with van der Waals surface area (Å²) in [5, 5.41) is 0. The minimum Gasteiger partial charge on any atom is -0.328 e. The lowest BCUT2D eigenvalue weighted by atomic mass is 10.00. The molecule has 2 atom stereocenters. The van der Waals surface area contributed by atoms with E-state index in [0.717, 1.165) is 19.3 Å². The minimum atomic E-state index is 0.180. The molecule has 1 unspecified atom stereocenters. The van der Waals surface area contributed by atoms with Gasteiger partial charge in [0.25, 0.3) is 0 Å². The number of hydrogen-bond donors (Lipinski definition) is 2. The molecule has 2 heteroatoms. The van der Waals surface area contributed by atoms with Crippen LogP contribution in [0.3, 0.4) is 0 Å². The van der Waals surface area contributed by atoms with Crippen molar-refractivity contribution in [2.45, 2.75) is 45.2 Å². The van der Waals surface area contributed by atoms with E-state index in [1.54, 1.807) is 0 Å². The highest BCUT2D eigenvalue weighted by molar-refractivity contribution is 5.25. The number of nitrogens with two attached hydrogens (primary N) is 2. The first-order valence-electron chi connectivity index (χ1n) is 5.73. The Morgan fingerprint density at radius 2 is 1.73 bits per heavy atom. The lowest BCUT2D eigenvalue weighted by Crippen LogP contribution is -2.17. The molecular formula is C13H22N2. The van der Waals surface area contributed by atoms with Gasteiger partial charge in [-0.2, -0.15) is 0 Å². The summed E-state index contributed by atoms with van der Waals surface area (Å²) in [6, 6.07) is 8.91. The van der Waals surface area contributed by atoms with Gasteiger partial charge in [-0.3, -0.25) is 0 Å². The van der Waals surface area contributed by atoms with Crippen LogP contribution in [-0.2, 0) is 6.42 Å². The van der Waals surface area contributed by atoms with E-state index in [-0.39, 0.29) is 12.1 Å². The van der Waals surface area contributed by atoms with E-state index in [1.165, 1.54) is 11.1 Å². The fourth-order valence-electron chi connectivity index (χ4n) is 1.75. The molecule has 15 heavy (non-hydrogen) atoms. The summed E-state index contributed by atoms with van der Waals surface area (Å²) in [5.74, 6) is 0. The minimum absolute atomic E-state index is 0.180. The Morgan fingerprint density at radius 3 is 2.20 bits per heavy atom. The molecule has 0 aromatic heterocycles. The van der Waals surface area contributed by atoms with Crippen molar-refractivity contribution in [2.75, 3.05) is 0 Å². The molecule has 0 bridgehead atoms. The second-order valence-electron chi connectivity index (χ2n) is 4.32. The third-order valence-electron chi connectivity index (χ3n) is 2.57. The Balaban J connectivity index is 2.63. The first-order chi connectivity index (χ1) is 7.13. The largest absolute Gasteiger partial charge is 0.328 e. The van der Waals surface area contributed by atoms with Gasteiger partial charge < -0.3 is 11.5 Å². The summed E-state index contributed by atoms with van der Waals surface area (Å²) in [7, 11) is 0. The molecular weight excluding hydrogens is 184 g/mol. The molecule has 0 spiro atoms. The maximum atomic E-state index is 6.03. The molecule has 0 saturated heterocycles. The highest BCUT2D eigenvalue weighted by atomic mass is 14.6. The van der Waals surface area contributed by atoms with Gasteiger partial charge in [-0.05, 0) is 30.9 Å². The second-order valence-corrected chi connectivity index (χ2v) is 4.32. The molecule has 0 saturated carbocycles. The van der Waals surface area contributed by atoms with E-state index >= 15 is 0 Å². The van der Waals surface area contributed by atoms with Crippen molar-refractivity contribution in [1.29, 1.82) is 0 Å². The van der Waals surface area contributed by atoms with Crippen molar-refractivity contribution in [2.24, 2.45) is 11.5 Å². The van der Waals surface area contributed by atoms with Crippen molar-refractivity contribution < 1.29 is 0 Å². The fourth-order valence-corrected chi connectivity index (χ4v) is 1.75. The first-order valence-corrected chi connectivity index (χ1v) is 5.73. The zero-order valence-corrected chi connectivity index (χ0v) is 9.74. The Kier molecular flexibility index (Phi) is 4.79. The maximum Gasteiger partial charge on any atom is 0.0294 e. The van der Waals surface area contributed by atoms with Gasteiger partial charge in [0, 0.05) is 12.1 Å². The third-order valence-corrected chi connectivity index (χ3v) is 2.57. The van der Waals surface area contributed by atoms with Gasteiger partial charge in [-0.15, -0.1) is 0 Å². The zero-order chi connectivity index (χ0) is 11.3. The summed E-state index contributed by atoms with van der Waals surface area (Å²) < 4.78 is 0. The van der Waals surface area contributed by atoms with Crippen LogP contribution < -0.4 is 11.5 Å². The SMILES string of the molecule is CCCC(N)c1ccc(C[C@@H](C)N)cc1. The predicted molar refractivity (Wildman–Crippen MR) is 65.6 cm³/mol. The molecule has 0 fully saturated rings. The van der Waals surface area contributed by atoms with Gasteiger partial charge in [0.1, 0.15) is 0 Å². The van der Waals surface area contributed by atoms with Crippen molar-refractivity contribution in [1.82, 2.24) is 0 Å². The Morgan fingerprint density at radius 1 is 1.13 bits per heavy atom. The van der Waals surface area contributed by atoms with Crippen LogP contribution in [0.15, 0.2) is 24.3 Å². The molecule has 2 nitrogen and oxygen atoms in total. The van der Waals surface area contributed by atoms with Crippen molar-refractivity contribution in [3.05, 3.63) is 35.4 Å². The van der Waals surface area contributed by atoms with Crippen LogP contribution in [0.4, 0.5) is 0 Å². The standard InChI is InChI=1S/C13H22N2/c1-3-4-13(15)12-7-5-11(6-8-12)9-10(2)14/h5-8,10,13H,3-4,9,14-15H2,1-2H3/t10-,13?/m1/s1. The van der Waals surface area contributed by atoms with Gasteiger partial charge in [-0.25, -0.2) is 0 Å². The molecule has 1 aromatic rings. The molecule has 0 aliphatic rings. The van der Waals surface area contributed by atoms with Crippen molar-refractivity contribution >= 4 is 0 Å². The van der Waals surface area contributed by atoms with Crippen molar-refractivity contribution in [3.63, 3.8) is 0 Å². The molecule has 0 heterocycles. The van der Waals surface area contributed by atoms with Crippen molar-refractivity contribution in [3.8, 4) is 0 Å². The molecule has 0 radical (unpaired) electrons. The van der Waals surface area contributed by atoms with Gasteiger partial charge in [0.15, 0.2) is 0 Å². The molecule has 4 N–H and O–H groups in total. The summed E-state index contributed by atoms with van der Waals surface area (Å²) in [6.07, 6.45) is 3.11. The molecule has 0 amide bonds. The van der Waals surface area contributed by atoms with Gasteiger partial charge in [0.05, 0.1) is 0 Å². The van der Waals surface area contributed by atoms with E-state index in [4.69, 9.17) is 11.5 Å². The van der Waals surface area contributed by atoms with E-state index < -0.39 is 0 Å². The topological polar surface area (TPSA) is 52.0 Å². The van der Waals surface area contributed by atoms with E-state index in [1.807, 2.05) is 6.92 Å². The molecule has 0 aliphatic carbocycles. The average molecular weight is 206 g/mol. The maximum absolute atomic E-state index is 6.03. The summed E-state index contributed by atoms with van der Waals surface area (Å²) in [6.45, 7) is 4.18. The Bertz CT molecular complexity index is 277. The summed E-state index contributed by atoms with van der Waals surface area (Å²) >= 11 is 0.